The standard InChI is InChI=1S/C19H23N3O/c1-22(2)17-7-5-16(6-8-17)19(10-11-19)18(23)21-13-9-15-4-3-12-20-14-15/h3-8,12,14H,9-11,13H2,1-2H3,(H,21,23). The topological polar surface area (TPSA) is 45.2 Å². The highest BCUT2D eigenvalue weighted by Gasteiger charge is 2.50. The number of hydrogen-bond donors (Lipinski definition) is 1. The number of pyridine rings is 1. The lowest BCUT2D eigenvalue weighted by atomic mass is 9.94. The van der Waals surface area contributed by atoms with Gasteiger partial charge >= 0.3 is 0 Å². The molecular formula is C19H23N3O. The van der Waals surface area contributed by atoms with Gasteiger partial charge in [0, 0.05) is 38.7 Å². The summed E-state index contributed by atoms with van der Waals surface area (Å²) in [5.74, 6) is 0.152. The van der Waals surface area contributed by atoms with Crippen LogP contribution in [0.4, 0.5) is 5.69 Å². The number of nitrogens with one attached hydrogen (secondary N) is 1. The summed E-state index contributed by atoms with van der Waals surface area (Å²) >= 11 is 0. The van der Waals surface area contributed by atoms with Crippen molar-refractivity contribution in [1.29, 1.82) is 0 Å². The van der Waals surface area contributed by atoms with Crippen LogP contribution in [0.25, 0.3) is 0 Å². The first-order chi connectivity index (χ1) is 11.1. The number of aromatic nitrogens is 1. The summed E-state index contributed by atoms with van der Waals surface area (Å²) in [7, 11) is 4.04. The molecule has 0 bridgehead atoms. The molecule has 23 heavy (non-hydrogen) atoms. The van der Waals surface area contributed by atoms with E-state index >= 15 is 0 Å². The van der Waals surface area contributed by atoms with Gasteiger partial charge in [-0.15, -0.1) is 0 Å². The predicted octanol–water partition coefficient (Wildman–Crippen LogP) is 2.54. The van der Waals surface area contributed by atoms with Gasteiger partial charge in [0.2, 0.25) is 5.91 Å². The fraction of sp³-hybridized carbons (Fsp3) is 0.368. The maximum absolute atomic E-state index is 12.6. The van der Waals surface area contributed by atoms with Crippen LogP contribution in [0.2, 0.25) is 0 Å². The van der Waals surface area contributed by atoms with Crippen LogP contribution in [0, 0.1) is 0 Å². The van der Waals surface area contributed by atoms with E-state index in [0.717, 1.165) is 36.1 Å². The van der Waals surface area contributed by atoms with Gasteiger partial charge < -0.3 is 10.2 Å². The molecule has 1 aliphatic carbocycles. The Hall–Kier alpha value is -2.36. The Morgan fingerprint density at radius 3 is 2.52 bits per heavy atom. The van der Waals surface area contributed by atoms with Gasteiger partial charge in [-0.1, -0.05) is 18.2 Å². The van der Waals surface area contributed by atoms with Crippen LogP contribution in [-0.2, 0) is 16.6 Å². The van der Waals surface area contributed by atoms with Crippen molar-refractivity contribution < 1.29 is 4.79 Å². The third-order valence-electron chi connectivity index (χ3n) is 4.54. The van der Waals surface area contributed by atoms with Gasteiger partial charge in [-0.3, -0.25) is 9.78 Å². The molecule has 4 nitrogen and oxygen atoms in total. The van der Waals surface area contributed by atoms with Crippen LogP contribution in [-0.4, -0.2) is 31.5 Å². The van der Waals surface area contributed by atoms with Gasteiger partial charge in [0.05, 0.1) is 5.41 Å². The molecule has 0 spiro atoms. The fourth-order valence-electron chi connectivity index (χ4n) is 2.89. The Balaban J connectivity index is 1.60. The lowest BCUT2D eigenvalue weighted by Gasteiger charge is -2.18. The third-order valence-corrected chi connectivity index (χ3v) is 4.54. The minimum absolute atomic E-state index is 0.152. The Labute approximate surface area is 137 Å². The van der Waals surface area contributed by atoms with Crippen LogP contribution in [0.3, 0.4) is 0 Å². The minimum Gasteiger partial charge on any atom is -0.378 e. The Kier molecular flexibility index (Phi) is 4.33. The van der Waals surface area contributed by atoms with E-state index in [1.54, 1.807) is 6.20 Å². The minimum atomic E-state index is -0.306. The van der Waals surface area contributed by atoms with Crippen LogP contribution in [0.1, 0.15) is 24.0 Å². The van der Waals surface area contributed by atoms with Crippen LogP contribution >= 0.6 is 0 Å². The zero-order valence-corrected chi connectivity index (χ0v) is 13.7. The van der Waals surface area contributed by atoms with Gasteiger partial charge in [0.25, 0.3) is 0 Å². The van der Waals surface area contributed by atoms with Gasteiger partial charge in [-0.2, -0.15) is 0 Å². The monoisotopic (exact) mass is 309 g/mol. The first-order valence-corrected chi connectivity index (χ1v) is 8.07. The molecule has 1 aliphatic rings. The van der Waals surface area contributed by atoms with Gasteiger partial charge in [-0.05, 0) is 48.6 Å². The van der Waals surface area contributed by atoms with Gasteiger partial charge in [-0.25, -0.2) is 0 Å². The summed E-state index contributed by atoms with van der Waals surface area (Å²) in [6, 6.07) is 12.3. The van der Waals surface area contributed by atoms with E-state index in [1.807, 2.05) is 32.4 Å². The molecule has 4 heteroatoms. The SMILES string of the molecule is CN(C)c1ccc(C2(C(=O)NCCc3cccnc3)CC2)cc1. The maximum atomic E-state index is 12.6. The molecule has 1 aromatic heterocycles. The van der Waals surface area contributed by atoms with Crippen molar-refractivity contribution in [2.45, 2.75) is 24.7 Å². The first kappa shape index (κ1) is 15.5. The third kappa shape index (κ3) is 3.36. The first-order valence-electron chi connectivity index (χ1n) is 8.07. The number of carbonyl (C=O) groups is 1. The molecule has 0 saturated heterocycles. The van der Waals surface area contributed by atoms with E-state index in [4.69, 9.17) is 0 Å². The van der Waals surface area contributed by atoms with Crippen LogP contribution in [0.5, 0.6) is 0 Å². The molecule has 3 rings (SSSR count). The highest BCUT2D eigenvalue weighted by molar-refractivity contribution is 5.91. The number of carbonyl (C=O) groups excluding carboxylic acids is 1. The van der Waals surface area contributed by atoms with Crippen LogP contribution < -0.4 is 10.2 Å². The summed E-state index contributed by atoms with van der Waals surface area (Å²) in [5.41, 5.74) is 3.12. The summed E-state index contributed by atoms with van der Waals surface area (Å²) < 4.78 is 0. The normalized spacial score (nSPS) is 15.0. The number of hydrogen-bond acceptors (Lipinski definition) is 3. The Bertz CT molecular complexity index is 661. The molecule has 1 N–H and O–H groups in total. The second kappa shape index (κ2) is 6.41. The zero-order valence-electron chi connectivity index (χ0n) is 13.7. The molecule has 0 unspecified atom stereocenters. The molecule has 1 saturated carbocycles. The van der Waals surface area contributed by atoms with Gasteiger partial charge in [0.15, 0.2) is 0 Å². The van der Waals surface area contributed by atoms with Gasteiger partial charge in [0.1, 0.15) is 0 Å². The van der Waals surface area contributed by atoms with E-state index in [-0.39, 0.29) is 11.3 Å². The molecule has 0 atom stereocenters. The smallest absolute Gasteiger partial charge is 0.230 e. The van der Waals surface area contributed by atoms with Crippen molar-refractivity contribution in [3.63, 3.8) is 0 Å². The lowest BCUT2D eigenvalue weighted by molar-refractivity contribution is -0.123. The summed E-state index contributed by atoms with van der Waals surface area (Å²) in [5, 5.41) is 3.09. The molecule has 2 aromatic rings. The number of rotatable bonds is 6. The van der Waals surface area contributed by atoms with Crippen molar-refractivity contribution in [1.82, 2.24) is 10.3 Å². The summed E-state index contributed by atoms with van der Waals surface area (Å²) in [6.45, 7) is 0.655. The van der Waals surface area contributed by atoms with Crippen LogP contribution in [0.15, 0.2) is 48.8 Å². The quantitative estimate of drug-likeness (QED) is 0.892. The summed E-state index contributed by atoms with van der Waals surface area (Å²) in [6.07, 6.45) is 6.30. The van der Waals surface area contributed by atoms with E-state index in [0.29, 0.717) is 6.54 Å². The number of anilines is 1. The summed E-state index contributed by atoms with van der Waals surface area (Å²) in [4.78, 5) is 18.8. The average Bonchev–Trinajstić information content (AvgIpc) is 3.38. The molecule has 0 aliphatic heterocycles. The Morgan fingerprint density at radius 2 is 1.96 bits per heavy atom. The van der Waals surface area contributed by atoms with Crippen molar-refractivity contribution >= 4 is 11.6 Å². The second-order valence-corrected chi connectivity index (χ2v) is 6.39. The van der Waals surface area contributed by atoms with E-state index < -0.39 is 0 Å². The molecule has 1 fully saturated rings. The van der Waals surface area contributed by atoms with E-state index in [1.165, 1.54) is 0 Å². The van der Waals surface area contributed by atoms with E-state index in [9.17, 15) is 4.79 Å². The number of benzene rings is 1. The average molecular weight is 309 g/mol. The molecule has 1 amide bonds. The zero-order chi connectivity index (χ0) is 16.3. The second-order valence-electron chi connectivity index (χ2n) is 6.39. The molecule has 0 radical (unpaired) electrons. The molecule has 120 valence electrons. The van der Waals surface area contributed by atoms with Crippen molar-refractivity contribution in [2.75, 3.05) is 25.5 Å². The number of nitrogens with zero attached hydrogens (tertiary/aromatic N) is 2. The largest absolute Gasteiger partial charge is 0.378 e. The van der Waals surface area contributed by atoms with Crippen molar-refractivity contribution in [3.8, 4) is 0 Å². The molecular weight excluding hydrogens is 286 g/mol. The maximum Gasteiger partial charge on any atom is 0.230 e. The van der Waals surface area contributed by atoms with Crippen molar-refractivity contribution in [2.24, 2.45) is 0 Å². The fourth-order valence-corrected chi connectivity index (χ4v) is 2.89. The molecule has 1 aromatic carbocycles. The number of amides is 1. The highest BCUT2D eigenvalue weighted by Crippen LogP contribution is 2.48. The lowest BCUT2D eigenvalue weighted by Crippen LogP contribution is -2.36. The highest BCUT2D eigenvalue weighted by atomic mass is 16.2. The van der Waals surface area contributed by atoms with E-state index in [2.05, 4.69) is 39.5 Å². The molecule has 1 heterocycles. The Morgan fingerprint density at radius 1 is 1.22 bits per heavy atom. The predicted molar refractivity (Wildman–Crippen MR) is 92.6 cm³/mol. The van der Waals surface area contributed by atoms with Crippen molar-refractivity contribution in [3.05, 3.63) is 59.9 Å².